The molecule has 7 heteroatoms. The molecule has 0 amide bonds. The van der Waals surface area contributed by atoms with Crippen molar-refractivity contribution in [2.24, 2.45) is 0 Å². The Morgan fingerprint density at radius 1 is 0.964 bits per heavy atom. The Kier molecular flexibility index (Phi) is 6.39. The lowest BCUT2D eigenvalue weighted by molar-refractivity contribution is 0.416. The molecule has 0 aliphatic heterocycles. The van der Waals surface area contributed by atoms with E-state index in [0.717, 1.165) is 36.0 Å². The van der Waals surface area contributed by atoms with Crippen molar-refractivity contribution in [2.75, 3.05) is 44.4 Å². The molecule has 0 spiro atoms. The normalized spacial score (nSPS) is 11.3. The maximum absolute atomic E-state index is 4.71. The highest BCUT2D eigenvalue weighted by atomic mass is 15.2. The van der Waals surface area contributed by atoms with Crippen LogP contribution >= 0.6 is 0 Å². The molecule has 0 saturated heterocycles. The van der Waals surface area contributed by atoms with Crippen LogP contribution in [0.1, 0.15) is 17.1 Å². The van der Waals surface area contributed by atoms with E-state index >= 15 is 0 Å². The van der Waals surface area contributed by atoms with Crippen molar-refractivity contribution in [1.29, 1.82) is 0 Å². The van der Waals surface area contributed by atoms with Crippen molar-refractivity contribution >= 4 is 29.6 Å². The van der Waals surface area contributed by atoms with Crippen molar-refractivity contribution in [3.8, 4) is 0 Å². The van der Waals surface area contributed by atoms with Crippen molar-refractivity contribution < 1.29 is 0 Å². The van der Waals surface area contributed by atoms with Gasteiger partial charge in [-0.25, -0.2) is 9.97 Å². The van der Waals surface area contributed by atoms with Crippen LogP contribution in [0.4, 0.5) is 17.5 Å². The van der Waals surface area contributed by atoms with Gasteiger partial charge in [0.25, 0.3) is 0 Å². The zero-order chi connectivity index (χ0) is 19.9. The first kappa shape index (κ1) is 19.6. The number of anilines is 3. The second kappa shape index (κ2) is 9.14. The van der Waals surface area contributed by atoms with Gasteiger partial charge in [-0.2, -0.15) is 5.10 Å². The van der Waals surface area contributed by atoms with E-state index in [1.807, 2.05) is 56.5 Å². The fraction of sp³-hybridized carbons (Fsp3) is 0.286. The maximum atomic E-state index is 4.71. The first-order valence-corrected chi connectivity index (χ1v) is 9.27. The lowest BCUT2D eigenvalue weighted by Gasteiger charge is -2.21. The molecule has 1 aromatic carbocycles. The zero-order valence-corrected chi connectivity index (χ0v) is 16.8. The number of H-pyrrole nitrogens is 1. The van der Waals surface area contributed by atoms with Crippen LogP contribution in [0.25, 0.3) is 12.2 Å². The van der Waals surface area contributed by atoms with Crippen LogP contribution in [-0.4, -0.2) is 59.3 Å². The first-order valence-electron chi connectivity index (χ1n) is 9.27. The number of aromatic amines is 1. The van der Waals surface area contributed by atoms with Gasteiger partial charge in [0.15, 0.2) is 11.6 Å². The highest BCUT2D eigenvalue weighted by Crippen LogP contribution is 2.19. The average Bonchev–Trinajstić information content (AvgIpc) is 3.09. The van der Waals surface area contributed by atoms with E-state index in [4.69, 9.17) is 4.98 Å². The van der Waals surface area contributed by atoms with Crippen LogP contribution in [-0.2, 0) is 0 Å². The highest BCUT2D eigenvalue weighted by molar-refractivity contribution is 5.68. The fourth-order valence-corrected chi connectivity index (χ4v) is 2.60. The Hall–Kier alpha value is -3.19. The lowest BCUT2D eigenvalue weighted by atomic mass is 10.2. The van der Waals surface area contributed by atoms with E-state index in [-0.39, 0.29) is 0 Å². The Labute approximate surface area is 166 Å². The van der Waals surface area contributed by atoms with Gasteiger partial charge in [-0.15, -0.1) is 0 Å². The Morgan fingerprint density at radius 2 is 1.75 bits per heavy atom. The van der Waals surface area contributed by atoms with Gasteiger partial charge >= 0.3 is 0 Å². The third-order valence-corrected chi connectivity index (χ3v) is 4.19. The molecular formula is C21H27N7. The van der Waals surface area contributed by atoms with Crippen molar-refractivity contribution in [3.63, 3.8) is 0 Å². The topological polar surface area (TPSA) is 73.0 Å². The summed E-state index contributed by atoms with van der Waals surface area (Å²) >= 11 is 0. The van der Waals surface area contributed by atoms with Crippen LogP contribution in [0.2, 0.25) is 0 Å². The summed E-state index contributed by atoms with van der Waals surface area (Å²) in [5.41, 5.74) is 2.10. The van der Waals surface area contributed by atoms with E-state index < -0.39 is 0 Å². The lowest BCUT2D eigenvalue weighted by Crippen LogP contribution is -2.29. The van der Waals surface area contributed by atoms with Gasteiger partial charge in [-0.05, 0) is 32.7 Å². The van der Waals surface area contributed by atoms with E-state index in [9.17, 15) is 0 Å². The number of benzene rings is 1. The summed E-state index contributed by atoms with van der Waals surface area (Å²) in [6.07, 6.45) is 3.95. The largest absolute Gasteiger partial charge is 0.358 e. The molecule has 7 nitrogen and oxygen atoms in total. The number of rotatable bonds is 8. The molecule has 0 radical (unpaired) electrons. The highest BCUT2D eigenvalue weighted by Gasteiger charge is 2.09. The number of aryl methyl sites for hydroxylation is 1. The number of nitrogens with zero attached hydrogens (tertiary/aromatic N) is 5. The van der Waals surface area contributed by atoms with Gasteiger partial charge < -0.3 is 15.1 Å². The third-order valence-electron chi connectivity index (χ3n) is 4.19. The first-order chi connectivity index (χ1) is 13.5. The minimum atomic E-state index is 0.646. The van der Waals surface area contributed by atoms with E-state index in [0.29, 0.717) is 11.6 Å². The van der Waals surface area contributed by atoms with Gasteiger partial charge in [0.1, 0.15) is 11.6 Å². The van der Waals surface area contributed by atoms with Crippen LogP contribution in [0.3, 0.4) is 0 Å². The summed E-state index contributed by atoms with van der Waals surface area (Å²) in [6, 6.07) is 14.0. The molecule has 0 bridgehead atoms. The van der Waals surface area contributed by atoms with Crippen LogP contribution in [0, 0.1) is 6.92 Å². The van der Waals surface area contributed by atoms with Crippen LogP contribution < -0.4 is 10.2 Å². The predicted octanol–water partition coefficient (Wildman–Crippen LogP) is 3.42. The quantitative estimate of drug-likeness (QED) is 0.627. The smallest absolute Gasteiger partial charge is 0.156 e. The van der Waals surface area contributed by atoms with E-state index in [2.05, 4.69) is 56.5 Å². The standard InChI is InChI=1S/C21H27N7/c1-16-14-20(26-25-16)23-19-15-21(28(4)13-12-27(2)3)24-18(22-19)11-10-17-8-6-5-7-9-17/h5-11,14-15H,12-13H2,1-4H3,(H2,22,23,24,25,26)/b11-10+. The molecule has 2 N–H and O–H groups in total. The minimum Gasteiger partial charge on any atom is -0.358 e. The molecule has 28 heavy (non-hydrogen) atoms. The molecule has 0 unspecified atom stereocenters. The number of nitrogens with one attached hydrogen (secondary N) is 2. The van der Waals surface area contributed by atoms with Crippen molar-refractivity contribution in [3.05, 3.63) is 59.5 Å². The molecule has 146 valence electrons. The third kappa shape index (κ3) is 5.65. The molecule has 2 aromatic heterocycles. The Bertz CT molecular complexity index is 916. The molecule has 3 aromatic rings. The number of hydrogen-bond donors (Lipinski definition) is 2. The number of likely N-dealkylation sites (N-methyl/N-ethyl adjacent to an activating group) is 2. The van der Waals surface area contributed by atoms with Gasteiger partial charge in [-0.1, -0.05) is 36.4 Å². The van der Waals surface area contributed by atoms with Gasteiger partial charge in [0, 0.05) is 38.0 Å². The molecule has 2 heterocycles. The minimum absolute atomic E-state index is 0.646. The van der Waals surface area contributed by atoms with Gasteiger partial charge in [0.05, 0.1) is 0 Å². The fourth-order valence-electron chi connectivity index (χ4n) is 2.60. The molecule has 0 saturated carbocycles. The summed E-state index contributed by atoms with van der Waals surface area (Å²) in [5, 5.41) is 10.4. The van der Waals surface area contributed by atoms with Gasteiger partial charge in [-0.3, -0.25) is 5.10 Å². The average molecular weight is 377 g/mol. The number of aromatic nitrogens is 4. The maximum Gasteiger partial charge on any atom is 0.156 e. The summed E-state index contributed by atoms with van der Waals surface area (Å²) in [4.78, 5) is 13.6. The number of hydrogen-bond acceptors (Lipinski definition) is 6. The Morgan fingerprint density at radius 3 is 2.43 bits per heavy atom. The molecule has 0 atom stereocenters. The van der Waals surface area contributed by atoms with Crippen LogP contribution in [0.5, 0.6) is 0 Å². The molecule has 0 fully saturated rings. The SMILES string of the molecule is Cc1cc(Nc2cc(N(C)CCN(C)C)nc(/C=C/c3ccccc3)n2)n[nH]1. The molecule has 0 aliphatic carbocycles. The summed E-state index contributed by atoms with van der Waals surface area (Å²) < 4.78 is 0. The second-order valence-corrected chi connectivity index (χ2v) is 7.00. The monoisotopic (exact) mass is 377 g/mol. The predicted molar refractivity (Wildman–Crippen MR) is 116 cm³/mol. The summed E-state index contributed by atoms with van der Waals surface area (Å²) in [7, 11) is 6.17. The Balaban J connectivity index is 1.87. The van der Waals surface area contributed by atoms with E-state index in [1.54, 1.807) is 0 Å². The zero-order valence-electron chi connectivity index (χ0n) is 16.8. The van der Waals surface area contributed by atoms with Crippen molar-refractivity contribution in [1.82, 2.24) is 25.1 Å². The second-order valence-electron chi connectivity index (χ2n) is 7.00. The molecule has 0 aliphatic rings. The summed E-state index contributed by atoms with van der Waals surface area (Å²) in [5.74, 6) is 2.95. The van der Waals surface area contributed by atoms with E-state index in [1.165, 1.54) is 0 Å². The molecular weight excluding hydrogens is 350 g/mol. The van der Waals surface area contributed by atoms with Crippen molar-refractivity contribution in [2.45, 2.75) is 6.92 Å². The van der Waals surface area contributed by atoms with Gasteiger partial charge in [0.2, 0.25) is 0 Å². The van der Waals surface area contributed by atoms with Crippen LogP contribution in [0.15, 0.2) is 42.5 Å². The summed E-state index contributed by atoms with van der Waals surface area (Å²) in [6.45, 7) is 3.77. The molecule has 3 rings (SSSR count).